The van der Waals surface area contributed by atoms with Crippen molar-refractivity contribution in [2.75, 3.05) is 72.7 Å². The topological polar surface area (TPSA) is 251 Å². The molecule has 0 aliphatic heterocycles. The Morgan fingerprint density at radius 2 is 0.650 bits per heavy atom. The Balaban J connectivity index is 0.00000116. The van der Waals surface area contributed by atoms with Crippen LogP contribution in [0.1, 0.15) is 19.3 Å². The smallest absolute Gasteiger partial charge is 0.336 e. The molecule has 0 amide bonds. The third-order valence-electron chi connectivity index (χ3n) is 6.91. The summed E-state index contributed by atoms with van der Waals surface area (Å²) in [5.41, 5.74) is -2.98. The van der Waals surface area contributed by atoms with Crippen LogP contribution < -0.4 is 17.1 Å². The van der Waals surface area contributed by atoms with Crippen molar-refractivity contribution in [3.8, 4) is 0 Å². The van der Waals surface area contributed by atoms with E-state index in [0.717, 1.165) is 36.5 Å². The molecule has 21 heteroatoms. The lowest BCUT2D eigenvalue weighted by molar-refractivity contribution is -0.140. The van der Waals surface area contributed by atoms with E-state index in [1.54, 1.807) is 0 Å². The van der Waals surface area contributed by atoms with Gasteiger partial charge in [-0.25, -0.2) is 56.9 Å². The summed E-state index contributed by atoms with van der Waals surface area (Å²) in [5, 5.41) is 0. The summed E-state index contributed by atoms with van der Waals surface area (Å²) in [5.74, 6) is -3.70. The molecular weight excluding hydrogens is 798 g/mol. The van der Waals surface area contributed by atoms with Gasteiger partial charge in [0.1, 0.15) is 25.9 Å². The highest BCUT2D eigenvalue weighted by atomic mass is 16.6. The van der Waals surface area contributed by atoms with Crippen LogP contribution in [0.4, 0.5) is 0 Å². The zero-order valence-electron chi connectivity index (χ0n) is 33.5. The number of aromatic nitrogens is 3. The van der Waals surface area contributed by atoms with Crippen molar-refractivity contribution < 1.29 is 71.4 Å². The van der Waals surface area contributed by atoms with Crippen molar-refractivity contribution in [2.45, 2.75) is 45.0 Å². The van der Waals surface area contributed by atoms with E-state index >= 15 is 0 Å². The molecule has 1 rings (SSSR count). The van der Waals surface area contributed by atoms with E-state index in [-0.39, 0.29) is 78.6 Å². The number of nitrogens with zero attached hydrogens (tertiary/aromatic N) is 3. The fourth-order valence-electron chi connectivity index (χ4n) is 4.05. The maximum absolute atomic E-state index is 12.6. The Hall–Kier alpha value is -6.45. The fourth-order valence-corrected chi connectivity index (χ4v) is 4.05. The van der Waals surface area contributed by atoms with Gasteiger partial charge in [0.15, 0.2) is 0 Å². The third-order valence-corrected chi connectivity index (χ3v) is 6.91. The lowest BCUT2D eigenvalue weighted by atomic mass is 10.4. The molecule has 0 saturated carbocycles. The van der Waals surface area contributed by atoms with Gasteiger partial charge in [0, 0.05) is 68.9 Å². The molecule has 0 aliphatic rings. The van der Waals surface area contributed by atoms with Gasteiger partial charge in [-0.15, -0.1) is 0 Å². The predicted octanol–water partition coefficient (Wildman–Crippen LogP) is 0.122. The lowest BCUT2D eigenvalue weighted by Crippen LogP contribution is -2.55. The standard InChI is InChI=1S/C21H32O9.C18H21N3O9/c1-4-19(22)28-13-7-10-25-16-18(27-12-9-15-30-21(24)6-3)17-26-11-8-14-29-20(23)5-2;1-4-13(22)28-10-7-19-16(25)20(8-11-29-14(23)5-2)18(27)21(17(19)26)9-12-30-15(24)6-3/h4-6,18H,1-3,7-17H2;4-6H,1-3,7-12H2. The molecule has 332 valence electrons. The Labute approximate surface area is 345 Å². The van der Waals surface area contributed by atoms with Gasteiger partial charge in [-0.1, -0.05) is 39.5 Å². The Morgan fingerprint density at radius 3 is 0.917 bits per heavy atom. The van der Waals surface area contributed by atoms with Crippen LogP contribution in [0.15, 0.2) is 90.3 Å². The van der Waals surface area contributed by atoms with Crippen LogP contribution in [0.2, 0.25) is 0 Å². The molecule has 0 atom stereocenters. The van der Waals surface area contributed by atoms with E-state index in [2.05, 4.69) is 39.5 Å². The molecule has 60 heavy (non-hydrogen) atoms. The quantitative estimate of drug-likeness (QED) is 0.0404. The number of carbonyl (C=O) groups excluding carboxylic acids is 6. The largest absolute Gasteiger partial charge is 0.462 e. The lowest BCUT2D eigenvalue weighted by Gasteiger charge is -2.18. The number of hydrogen-bond acceptors (Lipinski definition) is 18. The van der Waals surface area contributed by atoms with Gasteiger partial charge >= 0.3 is 52.9 Å². The zero-order valence-corrected chi connectivity index (χ0v) is 33.5. The molecule has 0 N–H and O–H groups in total. The molecule has 0 radical (unpaired) electrons. The average molecular weight is 852 g/mol. The molecule has 21 nitrogen and oxygen atoms in total. The van der Waals surface area contributed by atoms with Gasteiger partial charge in [-0.05, 0) is 0 Å². The summed E-state index contributed by atoms with van der Waals surface area (Å²) in [7, 11) is 0. The number of hydrogen-bond donors (Lipinski definition) is 0. The van der Waals surface area contributed by atoms with Crippen LogP contribution in [0.5, 0.6) is 0 Å². The highest BCUT2D eigenvalue weighted by Gasteiger charge is 2.17. The van der Waals surface area contributed by atoms with Crippen LogP contribution in [0, 0.1) is 0 Å². The monoisotopic (exact) mass is 851 g/mol. The Morgan fingerprint density at radius 1 is 0.400 bits per heavy atom. The van der Waals surface area contributed by atoms with Crippen molar-refractivity contribution in [1.82, 2.24) is 13.7 Å². The van der Waals surface area contributed by atoms with Crippen molar-refractivity contribution in [3.63, 3.8) is 0 Å². The Kier molecular flexibility index (Phi) is 29.9. The van der Waals surface area contributed by atoms with Crippen LogP contribution in [-0.4, -0.2) is 128 Å². The second-order valence-corrected chi connectivity index (χ2v) is 11.2. The van der Waals surface area contributed by atoms with E-state index in [1.807, 2.05) is 0 Å². The van der Waals surface area contributed by atoms with Crippen LogP contribution in [0.25, 0.3) is 0 Å². The first-order valence-electron chi connectivity index (χ1n) is 18.3. The molecule has 0 unspecified atom stereocenters. The van der Waals surface area contributed by atoms with E-state index in [1.165, 1.54) is 0 Å². The summed E-state index contributed by atoms with van der Waals surface area (Å²) in [6, 6.07) is 0. The first-order valence-corrected chi connectivity index (χ1v) is 18.3. The maximum Gasteiger partial charge on any atom is 0.336 e. The highest BCUT2D eigenvalue weighted by Crippen LogP contribution is 2.00. The van der Waals surface area contributed by atoms with Crippen molar-refractivity contribution >= 4 is 35.8 Å². The normalized spacial score (nSPS) is 10.2. The van der Waals surface area contributed by atoms with Crippen molar-refractivity contribution in [3.05, 3.63) is 107 Å². The molecule has 1 aromatic rings. The minimum atomic E-state index is -0.992. The minimum Gasteiger partial charge on any atom is -0.462 e. The summed E-state index contributed by atoms with van der Waals surface area (Å²) in [4.78, 5) is 104. The average Bonchev–Trinajstić information content (AvgIpc) is 3.25. The SMILES string of the molecule is C=CC(=O)OCCCOCC(COCCCOC(=O)C=C)OCCCOC(=O)C=C.C=CC(=O)OCCn1c(=O)n(CCOC(=O)C=C)c(=O)n(CCOC(=O)C=C)c1=O. The molecular formula is C39H53N3O18. The minimum absolute atomic E-state index is 0.225. The number of carbonyl (C=O) groups is 6. The van der Waals surface area contributed by atoms with E-state index < -0.39 is 52.9 Å². The molecule has 1 heterocycles. The number of esters is 6. The van der Waals surface area contributed by atoms with E-state index in [0.29, 0.717) is 52.8 Å². The number of ether oxygens (including phenoxy) is 9. The first-order chi connectivity index (χ1) is 28.8. The highest BCUT2D eigenvalue weighted by molar-refractivity contribution is 5.82. The van der Waals surface area contributed by atoms with Crippen LogP contribution >= 0.6 is 0 Å². The zero-order chi connectivity index (χ0) is 45.1. The molecule has 0 aromatic carbocycles. The fraction of sp³-hybridized carbons (Fsp3) is 0.462. The molecule has 0 spiro atoms. The second-order valence-electron chi connectivity index (χ2n) is 11.2. The van der Waals surface area contributed by atoms with Gasteiger partial charge in [0.25, 0.3) is 0 Å². The molecule has 0 aliphatic carbocycles. The predicted molar refractivity (Wildman–Crippen MR) is 211 cm³/mol. The van der Waals surface area contributed by atoms with Gasteiger partial charge in [-0.3, -0.25) is 0 Å². The third kappa shape index (κ3) is 24.4. The Bertz CT molecular complexity index is 1600. The van der Waals surface area contributed by atoms with E-state index in [4.69, 9.17) is 42.6 Å². The summed E-state index contributed by atoms with van der Waals surface area (Å²) in [6.45, 7) is 20.0. The molecule has 0 bridgehead atoms. The summed E-state index contributed by atoms with van der Waals surface area (Å²) >= 11 is 0. The van der Waals surface area contributed by atoms with E-state index in [9.17, 15) is 43.2 Å². The number of rotatable bonds is 32. The second kappa shape index (κ2) is 33.5. The van der Waals surface area contributed by atoms with Gasteiger partial charge in [0.2, 0.25) is 0 Å². The molecule has 0 fully saturated rings. The van der Waals surface area contributed by atoms with Crippen molar-refractivity contribution in [2.24, 2.45) is 0 Å². The molecule has 1 aromatic heterocycles. The van der Waals surface area contributed by atoms with Crippen LogP contribution in [0.3, 0.4) is 0 Å². The first kappa shape index (κ1) is 53.6. The molecule has 0 saturated heterocycles. The van der Waals surface area contributed by atoms with Crippen LogP contribution in [-0.2, 0) is 91.0 Å². The van der Waals surface area contributed by atoms with Gasteiger partial charge in [-0.2, -0.15) is 0 Å². The summed E-state index contributed by atoms with van der Waals surface area (Å²) < 4.78 is 47.7. The summed E-state index contributed by atoms with van der Waals surface area (Å²) in [6.07, 6.45) is 7.30. The van der Waals surface area contributed by atoms with Gasteiger partial charge in [0.05, 0.1) is 59.3 Å². The van der Waals surface area contributed by atoms with Gasteiger partial charge < -0.3 is 42.6 Å². The van der Waals surface area contributed by atoms with Crippen molar-refractivity contribution in [1.29, 1.82) is 0 Å². The maximum atomic E-state index is 12.6.